The average Bonchev–Trinajstić information content (AvgIpc) is 2.96. The number of β-amino-alcohol motifs (C(OH)–C–C–N with tert-alkyl or cyclic N) is 2. The Morgan fingerprint density at radius 1 is 1.24 bits per heavy atom. The Morgan fingerprint density at radius 3 is 2.73 bits per heavy atom. The number of hydrogen-bond donors (Lipinski definition) is 3. The van der Waals surface area contributed by atoms with Gasteiger partial charge < -0.3 is 25.1 Å². The molecule has 0 saturated carbocycles. The minimum Gasteiger partial charge on any atom is -0.396 e. The number of carbonyl (C=O) groups is 2. The van der Waals surface area contributed by atoms with E-state index in [9.17, 15) is 29.3 Å². The summed E-state index contributed by atoms with van der Waals surface area (Å²) in [5.41, 5.74) is 0.596. The van der Waals surface area contributed by atoms with Gasteiger partial charge in [-0.05, 0) is 36.7 Å². The fraction of sp³-hybridized carbons (Fsp3) is 0.565. The van der Waals surface area contributed by atoms with Crippen molar-refractivity contribution in [3.63, 3.8) is 0 Å². The van der Waals surface area contributed by atoms with E-state index >= 15 is 0 Å². The van der Waals surface area contributed by atoms with Crippen LogP contribution in [0.3, 0.4) is 0 Å². The van der Waals surface area contributed by atoms with Crippen molar-refractivity contribution in [2.24, 2.45) is 5.92 Å². The number of aliphatic hydroxyl groups excluding tert-OH is 3. The van der Waals surface area contributed by atoms with Gasteiger partial charge >= 0.3 is 0 Å². The lowest BCUT2D eigenvalue weighted by Gasteiger charge is -2.36. The Morgan fingerprint density at radius 2 is 2.03 bits per heavy atom. The average molecular weight is 484 g/mol. The van der Waals surface area contributed by atoms with Gasteiger partial charge in [-0.15, -0.1) is 0 Å². The predicted octanol–water partition coefficient (Wildman–Crippen LogP) is 0.589. The third-order valence-electron chi connectivity index (χ3n) is 6.20. The molecule has 10 heteroatoms. The summed E-state index contributed by atoms with van der Waals surface area (Å²) >= 11 is 5.76. The van der Waals surface area contributed by atoms with Crippen LogP contribution in [-0.2, 0) is 9.59 Å². The van der Waals surface area contributed by atoms with Crippen LogP contribution in [0.4, 0.5) is 4.39 Å². The van der Waals surface area contributed by atoms with Crippen molar-refractivity contribution in [2.45, 2.75) is 25.0 Å². The van der Waals surface area contributed by atoms with E-state index in [-0.39, 0.29) is 48.9 Å². The molecule has 3 atom stereocenters. The van der Waals surface area contributed by atoms with Crippen LogP contribution in [0.15, 0.2) is 24.3 Å². The summed E-state index contributed by atoms with van der Waals surface area (Å²) in [5, 5.41) is 29.8. The third kappa shape index (κ3) is 7.22. The zero-order chi connectivity index (χ0) is 24.0. The molecule has 0 aromatic heterocycles. The molecule has 2 heterocycles. The second kappa shape index (κ2) is 11.9. The van der Waals surface area contributed by atoms with E-state index in [1.54, 1.807) is 15.9 Å². The number of hydrogen-bond acceptors (Lipinski definition) is 6. The molecule has 182 valence electrons. The van der Waals surface area contributed by atoms with E-state index < -0.39 is 18.0 Å². The molecule has 3 N–H and O–H groups in total. The maximum absolute atomic E-state index is 13.3. The summed E-state index contributed by atoms with van der Waals surface area (Å²) < 4.78 is 13.3. The lowest BCUT2D eigenvalue weighted by atomic mass is 9.94. The maximum Gasteiger partial charge on any atom is 0.246 e. The van der Waals surface area contributed by atoms with E-state index in [0.717, 1.165) is 0 Å². The first kappa shape index (κ1) is 25.6. The number of likely N-dealkylation sites (tertiary alicyclic amines) is 1. The van der Waals surface area contributed by atoms with E-state index in [2.05, 4.69) is 0 Å². The lowest BCUT2D eigenvalue weighted by molar-refractivity contribution is -0.132. The number of nitrogens with zero attached hydrogens (tertiary/aromatic N) is 3. The number of carbonyl (C=O) groups excluding carboxylic acids is 2. The number of piperidine rings is 1. The lowest BCUT2D eigenvalue weighted by Crippen LogP contribution is -2.49. The minimum absolute atomic E-state index is 0.0218. The van der Waals surface area contributed by atoms with Crippen LogP contribution in [-0.4, -0.2) is 106 Å². The molecule has 2 fully saturated rings. The van der Waals surface area contributed by atoms with Gasteiger partial charge in [0.2, 0.25) is 11.8 Å². The molecular weight excluding hydrogens is 453 g/mol. The van der Waals surface area contributed by atoms with E-state index in [1.165, 1.54) is 24.3 Å². The van der Waals surface area contributed by atoms with Crippen LogP contribution in [0.2, 0.25) is 5.02 Å². The molecule has 0 aliphatic carbocycles. The monoisotopic (exact) mass is 483 g/mol. The molecule has 1 aromatic carbocycles. The summed E-state index contributed by atoms with van der Waals surface area (Å²) in [6.07, 6.45) is 2.33. The number of aliphatic hydroxyl groups is 3. The quantitative estimate of drug-likeness (QED) is 0.490. The molecule has 0 bridgehead atoms. The SMILES string of the molecule is O=C(C=Cc1ccc(F)c(Cl)c1)N1CCC(=O)N(C[C@@H](O)CN2CC[C@@H](CO)[C@H](O)C2)CC1. The molecule has 1 aromatic rings. The molecule has 0 unspecified atom stereocenters. The highest BCUT2D eigenvalue weighted by Crippen LogP contribution is 2.18. The number of benzene rings is 1. The first-order valence-electron chi connectivity index (χ1n) is 11.2. The van der Waals surface area contributed by atoms with Crippen molar-refractivity contribution in [1.29, 1.82) is 0 Å². The highest BCUT2D eigenvalue weighted by molar-refractivity contribution is 6.30. The molecule has 33 heavy (non-hydrogen) atoms. The van der Waals surface area contributed by atoms with Crippen LogP contribution >= 0.6 is 11.6 Å². The molecule has 0 spiro atoms. The highest BCUT2D eigenvalue weighted by Gasteiger charge is 2.29. The highest BCUT2D eigenvalue weighted by atomic mass is 35.5. The Bertz CT molecular complexity index is 870. The van der Waals surface area contributed by atoms with E-state index in [0.29, 0.717) is 44.7 Å². The summed E-state index contributed by atoms with van der Waals surface area (Å²) in [5.74, 6) is -1.05. The van der Waals surface area contributed by atoms with Crippen LogP contribution in [0.25, 0.3) is 6.08 Å². The van der Waals surface area contributed by atoms with Crippen molar-refractivity contribution in [2.75, 3.05) is 52.4 Å². The topological polar surface area (TPSA) is 105 Å². The smallest absolute Gasteiger partial charge is 0.246 e. The Kier molecular flexibility index (Phi) is 9.22. The van der Waals surface area contributed by atoms with Gasteiger partial charge in [-0.2, -0.15) is 0 Å². The standard InChI is InChI=1S/C23H31ClFN3O5/c24-19-11-16(1-3-20(19)25)2-4-22(32)27-8-6-23(33)28(10-9-27)13-18(30)12-26-7-5-17(15-29)21(31)14-26/h1-4,11,17-18,21,29-31H,5-10,12-15H2/t17-,18-,21+/m0/s1. The second-order valence-electron chi connectivity index (χ2n) is 8.63. The molecule has 2 aliphatic heterocycles. The van der Waals surface area contributed by atoms with Crippen molar-refractivity contribution in [1.82, 2.24) is 14.7 Å². The van der Waals surface area contributed by atoms with E-state index in [4.69, 9.17) is 11.6 Å². The van der Waals surface area contributed by atoms with Gasteiger partial charge in [0, 0.05) is 64.3 Å². The van der Waals surface area contributed by atoms with Crippen molar-refractivity contribution < 1.29 is 29.3 Å². The van der Waals surface area contributed by atoms with Gasteiger partial charge in [0.25, 0.3) is 0 Å². The molecule has 2 saturated heterocycles. The first-order valence-corrected chi connectivity index (χ1v) is 11.5. The fourth-order valence-corrected chi connectivity index (χ4v) is 4.39. The summed E-state index contributed by atoms with van der Waals surface area (Å²) in [4.78, 5) is 30.2. The summed E-state index contributed by atoms with van der Waals surface area (Å²) in [6, 6.07) is 4.18. The maximum atomic E-state index is 13.3. The first-order chi connectivity index (χ1) is 15.8. The summed E-state index contributed by atoms with van der Waals surface area (Å²) in [7, 11) is 0. The Labute approximate surface area is 197 Å². The third-order valence-corrected chi connectivity index (χ3v) is 6.49. The van der Waals surface area contributed by atoms with Gasteiger partial charge in [-0.25, -0.2) is 4.39 Å². The fourth-order valence-electron chi connectivity index (χ4n) is 4.20. The predicted molar refractivity (Wildman–Crippen MR) is 122 cm³/mol. The molecule has 8 nitrogen and oxygen atoms in total. The van der Waals surface area contributed by atoms with Gasteiger partial charge in [0.15, 0.2) is 0 Å². The van der Waals surface area contributed by atoms with Gasteiger partial charge in [-0.3, -0.25) is 14.5 Å². The minimum atomic E-state index is -0.780. The van der Waals surface area contributed by atoms with Crippen LogP contribution in [0.1, 0.15) is 18.4 Å². The number of rotatable bonds is 7. The Hall–Kier alpha value is -2.04. The second-order valence-corrected chi connectivity index (χ2v) is 9.04. The van der Waals surface area contributed by atoms with Gasteiger partial charge in [-0.1, -0.05) is 17.7 Å². The van der Waals surface area contributed by atoms with Crippen LogP contribution < -0.4 is 0 Å². The molecule has 0 radical (unpaired) electrons. The molecular formula is C23H31ClFN3O5. The molecule has 2 amide bonds. The van der Waals surface area contributed by atoms with Crippen LogP contribution in [0, 0.1) is 11.7 Å². The van der Waals surface area contributed by atoms with Crippen LogP contribution in [0.5, 0.6) is 0 Å². The Balaban J connectivity index is 1.49. The zero-order valence-corrected chi connectivity index (χ0v) is 19.2. The number of halogens is 2. The number of amides is 2. The van der Waals surface area contributed by atoms with Gasteiger partial charge in [0.1, 0.15) is 5.82 Å². The molecule has 2 aliphatic rings. The van der Waals surface area contributed by atoms with Crippen molar-refractivity contribution in [3.8, 4) is 0 Å². The molecule has 3 rings (SSSR count). The largest absolute Gasteiger partial charge is 0.396 e. The van der Waals surface area contributed by atoms with Gasteiger partial charge in [0.05, 0.1) is 17.2 Å². The summed E-state index contributed by atoms with van der Waals surface area (Å²) in [6.45, 7) is 2.40. The zero-order valence-electron chi connectivity index (χ0n) is 18.4. The van der Waals surface area contributed by atoms with Crippen molar-refractivity contribution in [3.05, 3.63) is 40.7 Å². The van der Waals surface area contributed by atoms with E-state index in [1.807, 2.05) is 4.90 Å². The van der Waals surface area contributed by atoms with Crippen molar-refractivity contribution >= 4 is 29.5 Å². The normalized spacial score (nSPS) is 23.7.